The first-order chi connectivity index (χ1) is 21.8. The van der Waals surface area contributed by atoms with E-state index in [1.807, 2.05) is 30.3 Å². The van der Waals surface area contributed by atoms with Crippen molar-refractivity contribution >= 4 is 21.5 Å². The molecule has 0 fully saturated rings. The zero-order valence-electron chi connectivity index (χ0n) is 23.9. The molecule has 206 valence electrons. The fourth-order valence-corrected chi connectivity index (χ4v) is 5.93. The molecule has 8 aromatic rings. The monoisotopic (exact) mass is 561 g/mol. The second-order valence-corrected chi connectivity index (χ2v) is 10.9. The molecule has 0 aliphatic carbocycles. The Kier molecular flexibility index (Phi) is 6.47. The van der Waals surface area contributed by atoms with Gasteiger partial charge in [0.15, 0.2) is 17.5 Å². The van der Waals surface area contributed by atoms with Crippen LogP contribution in [0, 0.1) is 0 Å². The molecule has 1 heterocycles. The van der Waals surface area contributed by atoms with Gasteiger partial charge in [0.25, 0.3) is 0 Å². The molecule has 0 aliphatic rings. The van der Waals surface area contributed by atoms with Crippen molar-refractivity contribution < 1.29 is 0 Å². The van der Waals surface area contributed by atoms with Gasteiger partial charge < -0.3 is 0 Å². The van der Waals surface area contributed by atoms with E-state index in [0.29, 0.717) is 17.5 Å². The first kappa shape index (κ1) is 25.8. The van der Waals surface area contributed by atoms with Crippen LogP contribution in [-0.2, 0) is 0 Å². The van der Waals surface area contributed by atoms with Crippen LogP contribution in [0.3, 0.4) is 0 Å². The summed E-state index contributed by atoms with van der Waals surface area (Å²) < 4.78 is 0. The molecule has 44 heavy (non-hydrogen) atoms. The number of aromatic nitrogens is 3. The van der Waals surface area contributed by atoms with Crippen molar-refractivity contribution in [2.45, 2.75) is 0 Å². The average molecular weight is 562 g/mol. The summed E-state index contributed by atoms with van der Waals surface area (Å²) in [6, 6.07) is 57.0. The van der Waals surface area contributed by atoms with E-state index in [1.165, 1.54) is 27.5 Å². The van der Waals surface area contributed by atoms with E-state index in [0.717, 1.165) is 33.0 Å². The summed E-state index contributed by atoms with van der Waals surface area (Å²) >= 11 is 0. The Morgan fingerprint density at radius 2 is 0.795 bits per heavy atom. The molecule has 1 aromatic heterocycles. The lowest BCUT2D eigenvalue weighted by Crippen LogP contribution is -2.00. The third-order valence-electron chi connectivity index (χ3n) is 8.10. The van der Waals surface area contributed by atoms with Gasteiger partial charge in [-0.25, -0.2) is 15.0 Å². The zero-order chi connectivity index (χ0) is 29.3. The number of benzene rings is 7. The normalized spacial score (nSPS) is 11.2. The Bertz CT molecular complexity index is 2270. The summed E-state index contributed by atoms with van der Waals surface area (Å²) in [5.74, 6) is 1.96. The molecule has 0 saturated carbocycles. The summed E-state index contributed by atoms with van der Waals surface area (Å²) in [6.45, 7) is 0. The molecule has 0 aliphatic heterocycles. The minimum atomic E-state index is 0.646. The Hall–Kier alpha value is -5.93. The summed E-state index contributed by atoms with van der Waals surface area (Å²) in [5.41, 5.74) is 7.56. The molecule has 0 N–H and O–H groups in total. The molecule has 0 atom stereocenters. The quantitative estimate of drug-likeness (QED) is 0.210. The molecule has 8 rings (SSSR count). The summed E-state index contributed by atoms with van der Waals surface area (Å²) in [4.78, 5) is 15.1. The minimum absolute atomic E-state index is 0.646. The lowest BCUT2D eigenvalue weighted by Gasteiger charge is -2.13. The second-order valence-electron chi connectivity index (χ2n) is 10.9. The Morgan fingerprint density at radius 1 is 0.273 bits per heavy atom. The Labute approximate surface area is 256 Å². The van der Waals surface area contributed by atoms with Crippen molar-refractivity contribution in [1.29, 1.82) is 0 Å². The maximum absolute atomic E-state index is 5.09. The molecule has 0 radical (unpaired) electrons. The highest BCUT2D eigenvalue weighted by atomic mass is 15.0. The highest BCUT2D eigenvalue weighted by Crippen LogP contribution is 2.36. The summed E-state index contributed by atoms with van der Waals surface area (Å²) in [5, 5.41) is 4.69. The lowest BCUT2D eigenvalue weighted by molar-refractivity contribution is 1.08. The maximum atomic E-state index is 5.09. The van der Waals surface area contributed by atoms with Crippen LogP contribution in [0.25, 0.3) is 78.0 Å². The second kappa shape index (κ2) is 11.0. The van der Waals surface area contributed by atoms with E-state index in [-0.39, 0.29) is 0 Å². The lowest BCUT2D eigenvalue weighted by atomic mass is 9.92. The fourth-order valence-electron chi connectivity index (χ4n) is 5.93. The largest absolute Gasteiger partial charge is 0.208 e. The fraction of sp³-hybridized carbons (Fsp3) is 0. The topological polar surface area (TPSA) is 38.7 Å². The van der Waals surface area contributed by atoms with Crippen LogP contribution in [0.4, 0.5) is 0 Å². The molecule has 0 bridgehead atoms. The molecule has 0 amide bonds. The van der Waals surface area contributed by atoms with E-state index in [1.54, 1.807) is 0 Å². The van der Waals surface area contributed by atoms with E-state index in [2.05, 4.69) is 133 Å². The van der Waals surface area contributed by atoms with Gasteiger partial charge in [0.05, 0.1) is 0 Å². The highest BCUT2D eigenvalue weighted by molar-refractivity contribution is 6.00. The van der Waals surface area contributed by atoms with Crippen LogP contribution in [0.15, 0.2) is 164 Å². The van der Waals surface area contributed by atoms with Crippen molar-refractivity contribution in [3.63, 3.8) is 0 Å². The molecule has 0 saturated heterocycles. The van der Waals surface area contributed by atoms with Gasteiger partial charge >= 0.3 is 0 Å². The van der Waals surface area contributed by atoms with E-state index in [9.17, 15) is 0 Å². The average Bonchev–Trinajstić information content (AvgIpc) is 3.11. The highest BCUT2D eigenvalue weighted by Gasteiger charge is 2.15. The molecule has 3 nitrogen and oxygen atoms in total. The third-order valence-corrected chi connectivity index (χ3v) is 8.10. The van der Waals surface area contributed by atoms with Gasteiger partial charge in [0.1, 0.15) is 0 Å². The van der Waals surface area contributed by atoms with Crippen LogP contribution < -0.4 is 0 Å². The first-order valence-corrected chi connectivity index (χ1v) is 14.8. The van der Waals surface area contributed by atoms with Gasteiger partial charge in [-0.2, -0.15) is 0 Å². The molecule has 0 spiro atoms. The zero-order valence-corrected chi connectivity index (χ0v) is 23.9. The van der Waals surface area contributed by atoms with Gasteiger partial charge in [0, 0.05) is 16.7 Å². The van der Waals surface area contributed by atoms with Gasteiger partial charge in [-0.1, -0.05) is 146 Å². The number of hydrogen-bond acceptors (Lipinski definition) is 3. The van der Waals surface area contributed by atoms with Crippen molar-refractivity contribution in [3.8, 4) is 56.4 Å². The standard InChI is InChI=1S/C41H27N3/c1-3-13-28(14-4-1)34-26-31-18-8-10-23-36(31)38(27-34)32-20-11-21-33(25-32)40-42-39(30-16-5-2-6-17-30)43-41(44-40)37-24-12-19-29-15-7-9-22-35(29)37/h1-27H. The van der Waals surface area contributed by atoms with Crippen LogP contribution in [0.1, 0.15) is 0 Å². The Balaban J connectivity index is 1.32. The molecule has 7 aromatic carbocycles. The molecular weight excluding hydrogens is 534 g/mol. The number of nitrogens with zero attached hydrogens (tertiary/aromatic N) is 3. The van der Waals surface area contributed by atoms with Gasteiger partial charge in [0.2, 0.25) is 0 Å². The van der Waals surface area contributed by atoms with Crippen molar-refractivity contribution in [2.75, 3.05) is 0 Å². The Morgan fingerprint density at radius 3 is 1.57 bits per heavy atom. The van der Waals surface area contributed by atoms with E-state index < -0.39 is 0 Å². The first-order valence-electron chi connectivity index (χ1n) is 14.8. The van der Waals surface area contributed by atoms with Crippen LogP contribution in [0.5, 0.6) is 0 Å². The van der Waals surface area contributed by atoms with E-state index >= 15 is 0 Å². The van der Waals surface area contributed by atoms with Crippen molar-refractivity contribution in [1.82, 2.24) is 15.0 Å². The van der Waals surface area contributed by atoms with Crippen LogP contribution in [-0.4, -0.2) is 15.0 Å². The van der Waals surface area contributed by atoms with Gasteiger partial charge in [-0.3, -0.25) is 0 Å². The van der Waals surface area contributed by atoms with Crippen molar-refractivity contribution in [3.05, 3.63) is 164 Å². The van der Waals surface area contributed by atoms with Crippen LogP contribution in [0.2, 0.25) is 0 Å². The number of hydrogen-bond donors (Lipinski definition) is 0. The molecule has 0 unspecified atom stereocenters. The van der Waals surface area contributed by atoms with Crippen LogP contribution >= 0.6 is 0 Å². The summed E-state index contributed by atoms with van der Waals surface area (Å²) in [6.07, 6.45) is 0. The van der Waals surface area contributed by atoms with E-state index in [4.69, 9.17) is 15.0 Å². The van der Waals surface area contributed by atoms with Gasteiger partial charge in [-0.15, -0.1) is 0 Å². The van der Waals surface area contributed by atoms with Gasteiger partial charge in [-0.05, 0) is 62.0 Å². The maximum Gasteiger partial charge on any atom is 0.164 e. The SMILES string of the molecule is c1ccc(-c2cc(-c3cccc(-c4nc(-c5ccccc5)nc(-c5cccc6ccccc56)n4)c3)c3ccccc3c2)cc1. The number of fused-ring (bicyclic) bond motifs is 2. The third kappa shape index (κ3) is 4.81. The predicted octanol–water partition coefficient (Wildman–Crippen LogP) is 10.5. The summed E-state index contributed by atoms with van der Waals surface area (Å²) in [7, 11) is 0. The smallest absolute Gasteiger partial charge is 0.164 e. The molecule has 3 heteroatoms. The minimum Gasteiger partial charge on any atom is -0.208 e. The predicted molar refractivity (Wildman–Crippen MR) is 182 cm³/mol. The van der Waals surface area contributed by atoms with Crippen molar-refractivity contribution in [2.24, 2.45) is 0 Å². The number of rotatable bonds is 5. The molecular formula is C41H27N3.